The zero-order valence-electron chi connectivity index (χ0n) is 8.36. The van der Waals surface area contributed by atoms with E-state index in [1.807, 2.05) is 0 Å². The molecule has 0 saturated carbocycles. The average molecular weight is 238 g/mol. The molecule has 0 fully saturated rings. The third kappa shape index (κ3) is 2.49. The van der Waals surface area contributed by atoms with Crippen molar-refractivity contribution in [2.45, 2.75) is 5.88 Å². The fourth-order valence-corrected chi connectivity index (χ4v) is 1.41. The molecule has 0 radical (unpaired) electrons. The molecule has 0 N–H and O–H groups in total. The van der Waals surface area contributed by atoms with Crippen LogP contribution in [0.3, 0.4) is 0 Å². The number of alkyl halides is 1. The van der Waals surface area contributed by atoms with E-state index in [0.717, 1.165) is 5.56 Å². The zero-order valence-corrected chi connectivity index (χ0v) is 9.12. The van der Waals surface area contributed by atoms with Crippen LogP contribution < -0.4 is 4.74 Å². The Labute approximate surface area is 97.7 Å². The Morgan fingerprint density at radius 1 is 1.31 bits per heavy atom. The molecule has 0 unspecified atom stereocenters. The highest BCUT2D eigenvalue weighted by molar-refractivity contribution is 6.17. The number of hydrogen-bond donors (Lipinski definition) is 0. The van der Waals surface area contributed by atoms with Crippen molar-refractivity contribution in [2.24, 2.45) is 0 Å². The van der Waals surface area contributed by atoms with Crippen molar-refractivity contribution in [1.29, 1.82) is 0 Å². The molecule has 0 aliphatic carbocycles. The monoisotopic (exact) mass is 237 g/mol. The van der Waals surface area contributed by atoms with Crippen LogP contribution in [0.4, 0.5) is 4.39 Å². The standard InChI is InChI=1S/C12H9ClFNO/c13-7-9-3-4-12(11(14)6-9)16-10-2-1-5-15-8-10/h1-6,8H,7H2. The van der Waals surface area contributed by atoms with Crippen LogP contribution in [0.1, 0.15) is 5.56 Å². The van der Waals surface area contributed by atoms with E-state index in [2.05, 4.69) is 4.98 Å². The van der Waals surface area contributed by atoms with Gasteiger partial charge in [-0.15, -0.1) is 11.6 Å². The van der Waals surface area contributed by atoms with Crippen LogP contribution in [0.5, 0.6) is 11.5 Å². The maximum absolute atomic E-state index is 13.5. The molecule has 0 atom stereocenters. The summed E-state index contributed by atoms with van der Waals surface area (Å²) in [5, 5.41) is 0. The largest absolute Gasteiger partial charge is 0.453 e. The number of aromatic nitrogens is 1. The van der Waals surface area contributed by atoms with Gasteiger partial charge in [-0.1, -0.05) is 6.07 Å². The minimum Gasteiger partial charge on any atom is -0.453 e. The highest BCUT2D eigenvalue weighted by Gasteiger charge is 2.05. The Morgan fingerprint density at radius 3 is 2.81 bits per heavy atom. The van der Waals surface area contributed by atoms with Gasteiger partial charge >= 0.3 is 0 Å². The molecule has 16 heavy (non-hydrogen) atoms. The third-order valence-corrected chi connectivity index (χ3v) is 2.32. The second-order valence-electron chi connectivity index (χ2n) is 3.19. The summed E-state index contributed by atoms with van der Waals surface area (Å²) in [4.78, 5) is 3.88. The number of hydrogen-bond acceptors (Lipinski definition) is 2. The fourth-order valence-electron chi connectivity index (χ4n) is 1.24. The molecule has 0 aliphatic rings. The van der Waals surface area contributed by atoms with Gasteiger partial charge < -0.3 is 4.74 Å². The Balaban J connectivity index is 2.22. The van der Waals surface area contributed by atoms with Crippen molar-refractivity contribution in [3.05, 3.63) is 54.1 Å². The summed E-state index contributed by atoms with van der Waals surface area (Å²) in [6, 6.07) is 8.07. The van der Waals surface area contributed by atoms with Crippen molar-refractivity contribution in [3.8, 4) is 11.5 Å². The van der Waals surface area contributed by atoms with Gasteiger partial charge in [0.15, 0.2) is 11.6 Å². The zero-order chi connectivity index (χ0) is 11.4. The first kappa shape index (κ1) is 10.9. The molecule has 0 bridgehead atoms. The summed E-state index contributed by atoms with van der Waals surface area (Å²) >= 11 is 5.59. The first-order valence-corrected chi connectivity index (χ1v) is 5.25. The predicted octanol–water partition coefficient (Wildman–Crippen LogP) is 3.75. The van der Waals surface area contributed by atoms with Gasteiger partial charge in [-0.2, -0.15) is 0 Å². The molecule has 4 heteroatoms. The third-order valence-electron chi connectivity index (χ3n) is 2.01. The lowest BCUT2D eigenvalue weighted by Crippen LogP contribution is -1.90. The quantitative estimate of drug-likeness (QED) is 0.759. The maximum atomic E-state index is 13.5. The Hall–Kier alpha value is -1.61. The smallest absolute Gasteiger partial charge is 0.166 e. The molecule has 0 saturated heterocycles. The topological polar surface area (TPSA) is 22.1 Å². The second-order valence-corrected chi connectivity index (χ2v) is 3.46. The van der Waals surface area contributed by atoms with E-state index in [4.69, 9.17) is 16.3 Å². The molecule has 0 spiro atoms. The van der Waals surface area contributed by atoms with Crippen molar-refractivity contribution in [1.82, 2.24) is 4.98 Å². The van der Waals surface area contributed by atoms with Gasteiger partial charge in [-0.25, -0.2) is 4.39 Å². The van der Waals surface area contributed by atoms with Gasteiger partial charge in [-0.3, -0.25) is 4.98 Å². The van der Waals surface area contributed by atoms with Crippen LogP contribution in [0.2, 0.25) is 0 Å². The highest BCUT2D eigenvalue weighted by Crippen LogP contribution is 2.24. The van der Waals surface area contributed by atoms with Gasteiger partial charge in [0.1, 0.15) is 5.75 Å². The van der Waals surface area contributed by atoms with Crippen LogP contribution in [0.15, 0.2) is 42.7 Å². The molecule has 82 valence electrons. The lowest BCUT2D eigenvalue weighted by atomic mass is 10.2. The number of halogens is 2. The molecule has 2 aromatic rings. The molecular weight excluding hydrogens is 229 g/mol. The molecule has 0 aliphatic heterocycles. The summed E-state index contributed by atoms with van der Waals surface area (Å²) in [6.07, 6.45) is 3.15. The summed E-state index contributed by atoms with van der Waals surface area (Å²) < 4.78 is 18.8. The van der Waals surface area contributed by atoms with Crippen molar-refractivity contribution in [3.63, 3.8) is 0 Å². The first-order valence-electron chi connectivity index (χ1n) is 4.72. The summed E-state index contributed by atoms with van der Waals surface area (Å²) in [6.45, 7) is 0. The maximum Gasteiger partial charge on any atom is 0.166 e. The lowest BCUT2D eigenvalue weighted by Gasteiger charge is -2.06. The van der Waals surface area contributed by atoms with E-state index in [9.17, 15) is 4.39 Å². The van der Waals surface area contributed by atoms with Gasteiger partial charge in [0, 0.05) is 12.1 Å². The minimum absolute atomic E-state index is 0.168. The summed E-state index contributed by atoms with van der Waals surface area (Å²) in [5.74, 6) is 0.522. The fraction of sp³-hybridized carbons (Fsp3) is 0.0833. The normalized spacial score (nSPS) is 10.1. The van der Waals surface area contributed by atoms with Gasteiger partial charge in [0.25, 0.3) is 0 Å². The number of pyridine rings is 1. The minimum atomic E-state index is -0.429. The molecule has 2 nitrogen and oxygen atoms in total. The number of rotatable bonds is 3. The van der Waals surface area contributed by atoms with Crippen molar-refractivity contribution < 1.29 is 9.13 Å². The molecular formula is C12H9ClFNO. The molecule has 0 amide bonds. The van der Waals surface area contributed by atoms with Crippen LogP contribution in [-0.4, -0.2) is 4.98 Å². The van der Waals surface area contributed by atoms with Crippen molar-refractivity contribution >= 4 is 11.6 Å². The van der Waals surface area contributed by atoms with Gasteiger partial charge in [0.2, 0.25) is 0 Å². The number of nitrogens with zero attached hydrogens (tertiary/aromatic N) is 1. The second kappa shape index (κ2) is 4.94. The van der Waals surface area contributed by atoms with Crippen LogP contribution >= 0.6 is 11.6 Å². The van der Waals surface area contributed by atoms with Crippen molar-refractivity contribution in [2.75, 3.05) is 0 Å². The van der Waals surface area contributed by atoms with Gasteiger partial charge in [0.05, 0.1) is 6.20 Å². The van der Waals surface area contributed by atoms with Crippen LogP contribution in [-0.2, 0) is 5.88 Å². The SMILES string of the molecule is Fc1cc(CCl)ccc1Oc1cccnc1. The molecule has 1 aromatic heterocycles. The molecule has 1 aromatic carbocycles. The van der Waals surface area contributed by atoms with E-state index < -0.39 is 5.82 Å². The van der Waals surface area contributed by atoms with E-state index in [1.54, 1.807) is 30.5 Å². The molecule has 2 rings (SSSR count). The average Bonchev–Trinajstić information content (AvgIpc) is 2.33. The summed E-state index contributed by atoms with van der Waals surface area (Å²) in [5.41, 5.74) is 0.720. The Kier molecular flexibility index (Phi) is 3.37. The first-order chi connectivity index (χ1) is 7.79. The highest BCUT2D eigenvalue weighted by atomic mass is 35.5. The van der Waals surface area contributed by atoms with Crippen LogP contribution in [0, 0.1) is 5.82 Å². The van der Waals surface area contributed by atoms with E-state index >= 15 is 0 Å². The Bertz CT molecular complexity index is 476. The van der Waals surface area contributed by atoms with Crippen LogP contribution in [0.25, 0.3) is 0 Å². The number of ether oxygens (including phenoxy) is 1. The lowest BCUT2D eigenvalue weighted by molar-refractivity contribution is 0.440. The van der Waals surface area contributed by atoms with E-state index in [0.29, 0.717) is 5.75 Å². The van der Waals surface area contributed by atoms with E-state index in [-0.39, 0.29) is 11.6 Å². The van der Waals surface area contributed by atoms with Gasteiger partial charge in [-0.05, 0) is 29.8 Å². The predicted molar refractivity (Wildman–Crippen MR) is 60.3 cm³/mol. The Morgan fingerprint density at radius 2 is 2.19 bits per heavy atom. The van der Waals surface area contributed by atoms with E-state index in [1.165, 1.54) is 12.3 Å². The molecule has 1 heterocycles. The number of benzene rings is 1. The summed E-state index contributed by atoms with van der Waals surface area (Å²) in [7, 11) is 0.